The number of hydrogen-bond donors (Lipinski definition) is 0. The molecule has 1 aliphatic heterocycles. The molecule has 9 heteroatoms. The van der Waals surface area contributed by atoms with Crippen molar-refractivity contribution in [2.45, 2.75) is 32.5 Å². The number of ether oxygens (including phenoxy) is 1. The molecule has 1 fully saturated rings. The van der Waals surface area contributed by atoms with E-state index in [1.807, 2.05) is 25.3 Å². The smallest absolute Gasteiger partial charge is 0.369 e. The molecule has 1 aliphatic rings. The first-order valence-corrected chi connectivity index (χ1v) is 7.92. The number of carbonyl (C=O) groups is 1. The van der Waals surface area contributed by atoms with Crippen LogP contribution in [0, 0.1) is 0 Å². The van der Waals surface area contributed by atoms with E-state index in [1.54, 1.807) is 11.0 Å². The third kappa shape index (κ3) is 2.81. The molecule has 0 aliphatic carbocycles. The van der Waals surface area contributed by atoms with Gasteiger partial charge < -0.3 is 9.64 Å². The van der Waals surface area contributed by atoms with Crippen molar-refractivity contribution in [2.24, 2.45) is 0 Å². The first kappa shape index (κ1) is 14.9. The van der Waals surface area contributed by atoms with Crippen LogP contribution in [0.1, 0.15) is 13.8 Å². The fourth-order valence-electron chi connectivity index (χ4n) is 2.37. The van der Waals surface area contributed by atoms with E-state index in [4.69, 9.17) is 4.74 Å². The molecule has 0 bridgehead atoms. The van der Waals surface area contributed by atoms with E-state index in [-0.39, 0.29) is 24.6 Å². The minimum Gasteiger partial charge on any atom is -0.375 e. The van der Waals surface area contributed by atoms with E-state index < -0.39 is 5.69 Å². The molecule has 2 aromatic heterocycles. The molecule has 3 rings (SSSR count). The van der Waals surface area contributed by atoms with Crippen LogP contribution in [-0.4, -0.2) is 55.9 Å². The summed E-state index contributed by atoms with van der Waals surface area (Å²) in [4.78, 5) is 26.4. The maximum atomic E-state index is 12.4. The van der Waals surface area contributed by atoms with Gasteiger partial charge in [0.25, 0.3) is 0 Å². The van der Waals surface area contributed by atoms with E-state index in [2.05, 4.69) is 10.4 Å². The van der Waals surface area contributed by atoms with Crippen molar-refractivity contribution >= 4 is 17.2 Å². The average molecular weight is 323 g/mol. The number of hydrogen-bond acceptors (Lipinski definition) is 6. The van der Waals surface area contributed by atoms with Gasteiger partial charge in [0.15, 0.2) is 0 Å². The molecule has 8 nitrogen and oxygen atoms in total. The first-order valence-electron chi connectivity index (χ1n) is 7.04. The molecule has 118 valence electrons. The van der Waals surface area contributed by atoms with Gasteiger partial charge in [0.1, 0.15) is 11.5 Å². The monoisotopic (exact) mass is 323 g/mol. The number of aromatic nitrogens is 4. The number of tetrazole rings is 1. The highest BCUT2D eigenvalue weighted by Crippen LogP contribution is 2.12. The van der Waals surface area contributed by atoms with E-state index in [0.717, 1.165) is 4.68 Å². The van der Waals surface area contributed by atoms with Crippen LogP contribution in [0.2, 0.25) is 0 Å². The summed E-state index contributed by atoms with van der Waals surface area (Å²) in [5, 5.41) is 10.1. The zero-order valence-electron chi connectivity index (χ0n) is 12.4. The number of carbonyl (C=O) groups excluding carboxylic acids is 1. The Balaban J connectivity index is 1.76. The molecule has 0 N–H and O–H groups in total. The molecular weight excluding hydrogens is 306 g/mol. The van der Waals surface area contributed by atoms with Crippen molar-refractivity contribution < 1.29 is 9.53 Å². The van der Waals surface area contributed by atoms with Crippen LogP contribution in [0.25, 0.3) is 5.00 Å². The Labute approximate surface area is 130 Å². The molecule has 0 saturated carbocycles. The highest BCUT2D eigenvalue weighted by atomic mass is 32.1. The van der Waals surface area contributed by atoms with Crippen LogP contribution in [0.4, 0.5) is 0 Å². The standard InChI is InChI=1S/C13H17N5O3S/c1-9-8-21-10(2)6-16(9)11(19)7-17-13(20)18(15-14-17)12-4-3-5-22-12/h3-5,9-10H,6-8H2,1-2H3/t9-,10-/m1/s1. The lowest BCUT2D eigenvalue weighted by Gasteiger charge is -2.36. The van der Waals surface area contributed by atoms with Crippen LogP contribution in [0.5, 0.6) is 0 Å². The summed E-state index contributed by atoms with van der Waals surface area (Å²) in [5.41, 5.74) is -0.412. The number of morpholine rings is 1. The lowest BCUT2D eigenvalue weighted by molar-refractivity contribution is -0.144. The second-order valence-electron chi connectivity index (χ2n) is 5.32. The van der Waals surface area contributed by atoms with E-state index in [0.29, 0.717) is 18.2 Å². The lowest BCUT2D eigenvalue weighted by Crippen LogP contribution is -2.51. The highest BCUT2D eigenvalue weighted by molar-refractivity contribution is 7.12. The van der Waals surface area contributed by atoms with Gasteiger partial charge in [-0.05, 0) is 41.8 Å². The van der Waals surface area contributed by atoms with Gasteiger partial charge in [-0.2, -0.15) is 9.36 Å². The summed E-state index contributed by atoms with van der Waals surface area (Å²) in [5.74, 6) is -0.150. The minimum absolute atomic E-state index is 0.00123. The third-order valence-electron chi connectivity index (χ3n) is 3.57. The molecule has 0 aromatic carbocycles. The molecule has 3 heterocycles. The molecular formula is C13H17N5O3S. The Bertz CT molecular complexity index is 708. The van der Waals surface area contributed by atoms with Gasteiger partial charge in [-0.3, -0.25) is 4.79 Å². The molecule has 0 spiro atoms. The predicted molar refractivity (Wildman–Crippen MR) is 80.1 cm³/mol. The summed E-state index contributed by atoms with van der Waals surface area (Å²) < 4.78 is 7.79. The van der Waals surface area contributed by atoms with Gasteiger partial charge >= 0.3 is 5.69 Å². The van der Waals surface area contributed by atoms with Gasteiger partial charge in [0.05, 0.1) is 18.8 Å². The van der Waals surface area contributed by atoms with Crippen molar-refractivity contribution in [1.82, 2.24) is 24.7 Å². The number of nitrogens with zero attached hydrogens (tertiary/aromatic N) is 5. The SMILES string of the molecule is C[C@@H]1CN(C(=O)Cn2nnn(-c3cccs3)c2=O)[C@H](C)CO1. The fourth-order valence-corrected chi connectivity index (χ4v) is 3.04. The minimum atomic E-state index is -0.412. The van der Waals surface area contributed by atoms with Crippen LogP contribution in [0.15, 0.2) is 22.3 Å². The van der Waals surface area contributed by atoms with Crippen molar-refractivity contribution in [2.75, 3.05) is 13.2 Å². The molecule has 1 amide bonds. The van der Waals surface area contributed by atoms with Crippen molar-refractivity contribution in [3.8, 4) is 5.00 Å². The average Bonchev–Trinajstić information content (AvgIpc) is 3.12. The summed E-state index contributed by atoms with van der Waals surface area (Å²) in [6, 6.07) is 3.60. The van der Waals surface area contributed by atoms with Gasteiger partial charge in [-0.15, -0.1) is 11.3 Å². The van der Waals surface area contributed by atoms with Gasteiger partial charge in [-0.25, -0.2) is 4.79 Å². The van der Waals surface area contributed by atoms with Crippen LogP contribution in [0.3, 0.4) is 0 Å². The topological polar surface area (TPSA) is 82.3 Å². The molecule has 2 atom stereocenters. The van der Waals surface area contributed by atoms with Crippen LogP contribution >= 0.6 is 11.3 Å². The van der Waals surface area contributed by atoms with E-state index >= 15 is 0 Å². The summed E-state index contributed by atoms with van der Waals surface area (Å²) in [7, 11) is 0. The normalized spacial score (nSPS) is 22.0. The summed E-state index contributed by atoms with van der Waals surface area (Å²) >= 11 is 1.39. The number of rotatable bonds is 3. The van der Waals surface area contributed by atoms with Crippen molar-refractivity contribution in [3.05, 3.63) is 28.0 Å². The Kier molecular flexibility index (Phi) is 4.08. The lowest BCUT2D eigenvalue weighted by atomic mass is 10.2. The number of amides is 1. The second kappa shape index (κ2) is 6.01. The molecule has 0 radical (unpaired) electrons. The van der Waals surface area contributed by atoms with Crippen LogP contribution < -0.4 is 5.69 Å². The maximum absolute atomic E-state index is 12.4. The van der Waals surface area contributed by atoms with Gasteiger partial charge in [-0.1, -0.05) is 0 Å². The maximum Gasteiger partial charge on any atom is 0.369 e. The largest absolute Gasteiger partial charge is 0.375 e. The molecule has 0 unspecified atom stereocenters. The Morgan fingerprint density at radius 2 is 2.27 bits per heavy atom. The zero-order chi connectivity index (χ0) is 15.7. The first-order chi connectivity index (χ1) is 10.6. The van der Waals surface area contributed by atoms with E-state index in [9.17, 15) is 9.59 Å². The van der Waals surface area contributed by atoms with Gasteiger partial charge in [0.2, 0.25) is 5.91 Å². The summed E-state index contributed by atoms with van der Waals surface area (Å²) in [6.45, 7) is 4.76. The van der Waals surface area contributed by atoms with Crippen LogP contribution in [-0.2, 0) is 16.1 Å². The molecule has 22 heavy (non-hydrogen) atoms. The Morgan fingerprint density at radius 1 is 1.45 bits per heavy atom. The number of thiophene rings is 1. The Morgan fingerprint density at radius 3 is 3.00 bits per heavy atom. The predicted octanol–water partition coefficient (Wildman–Crippen LogP) is 0.126. The Hall–Kier alpha value is -2.00. The van der Waals surface area contributed by atoms with Crippen molar-refractivity contribution in [3.63, 3.8) is 0 Å². The van der Waals surface area contributed by atoms with Gasteiger partial charge in [0, 0.05) is 6.54 Å². The highest BCUT2D eigenvalue weighted by Gasteiger charge is 2.28. The summed E-state index contributed by atoms with van der Waals surface area (Å²) in [6.07, 6.45) is -0.00123. The third-order valence-corrected chi connectivity index (χ3v) is 4.41. The fraction of sp³-hybridized carbons (Fsp3) is 0.538. The quantitative estimate of drug-likeness (QED) is 0.802. The molecule has 2 aromatic rings. The zero-order valence-corrected chi connectivity index (χ0v) is 13.2. The van der Waals surface area contributed by atoms with E-state index in [1.165, 1.54) is 16.0 Å². The van der Waals surface area contributed by atoms with Crippen molar-refractivity contribution in [1.29, 1.82) is 0 Å². The second-order valence-corrected chi connectivity index (χ2v) is 6.25. The molecule has 1 saturated heterocycles.